The van der Waals surface area contributed by atoms with E-state index in [1.54, 1.807) is 22.7 Å². The Morgan fingerprint density at radius 3 is 3.00 bits per heavy atom. The quantitative estimate of drug-likeness (QED) is 0.709. The molecular formula is C11H13N7O2S. The van der Waals surface area contributed by atoms with E-state index in [1.807, 2.05) is 13.8 Å². The minimum absolute atomic E-state index is 0.168. The molecule has 1 aromatic heterocycles. The Kier molecular flexibility index (Phi) is 3.09. The predicted octanol–water partition coefficient (Wildman–Crippen LogP) is -0.667. The van der Waals surface area contributed by atoms with Crippen LogP contribution >= 0.6 is 11.8 Å². The zero-order valence-corrected chi connectivity index (χ0v) is 12.2. The highest BCUT2D eigenvalue weighted by molar-refractivity contribution is 8.01. The van der Waals surface area contributed by atoms with Crippen molar-refractivity contribution in [1.82, 2.24) is 30.8 Å². The van der Waals surface area contributed by atoms with Gasteiger partial charge in [0, 0.05) is 4.75 Å². The first-order chi connectivity index (χ1) is 9.95. The highest BCUT2D eigenvalue weighted by atomic mass is 32.2. The van der Waals surface area contributed by atoms with Gasteiger partial charge in [0.25, 0.3) is 0 Å². The van der Waals surface area contributed by atoms with Crippen molar-refractivity contribution in [3.63, 3.8) is 0 Å². The molecule has 0 aromatic carbocycles. The van der Waals surface area contributed by atoms with E-state index in [-0.39, 0.29) is 28.5 Å². The number of β-lactam (4-membered cyclic amide) rings is 1. The van der Waals surface area contributed by atoms with Gasteiger partial charge in [-0.2, -0.15) is 10.5 Å². The van der Waals surface area contributed by atoms with E-state index in [1.165, 1.54) is 0 Å². The lowest BCUT2D eigenvalue weighted by atomic mass is 9.95. The standard InChI is InChI=1S/C11H13N7O2S/c1-11(2)7(8-14-16-17-15-8)18-9(20)6(10(18)21-11)13-5(19)3-4-12/h6-7,10H,3H2,1-2H3,(H,13,19)(H,14,15,16,17). The summed E-state index contributed by atoms with van der Waals surface area (Å²) in [5, 5.41) is 24.8. The number of thioether (sulfide) groups is 1. The molecule has 0 saturated carbocycles. The molecule has 3 heterocycles. The van der Waals surface area contributed by atoms with Crippen molar-refractivity contribution < 1.29 is 9.59 Å². The Balaban J connectivity index is 1.80. The summed E-state index contributed by atoms with van der Waals surface area (Å²) in [5.41, 5.74) is 0. The second-order valence-corrected chi connectivity index (χ2v) is 7.18. The molecule has 2 saturated heterocycles. The average Bonchev–Trinajstić information content (AvgIpc) is 3.00. The van der Waals surface area contributed by atoms with Gasteiger partial charge in [0.2, 0.25) is 11.8 Å². The zero-order valence-electron chi connectivity index (χ0n) is 11.4. The summed E-state index contributed by atoms with van der Waals surface area (Å²) in [5.74, 6) is -0.152. The van der Waals surface area contributed by atoms with Crippen LogP contribution in [0.25, 0.3) is 0 Å². The third-order valence-corrected chi connectivity index (χ3v) is 5.17. The van der Waals surface area contributed by atoms with Crippen molar-refractivity contribution in [2.24, 2.45) is 0 Å². The lowest BCUT2D eigenvalue weighted by Crippen LogP contribution is -2.67. The number of aromatic amines is 1. The van der Waals surface area contributed by atoms with Crippen LogP contribution in [0.15, 0.2) is 0 Å². The minimum Gasteiger partial charge on any atom is -0.341 e. The first-order valence-corrected chi connectivity index (χ1v) is 7.23. The molecule has 3 atom stereocenters. The monoisotopic (exact) mass is 307 g/mol. The average molecular weight is 307 g/mol. The fraction of sp³-hybridized carbons (Fsp3) is 0.636. The van der Waals surface area contributed by atoms with Crippen LogP contribution in [-0.2, 0) is 9.59 Å². The molecule has 3 unspecified atom stereocenters. The Morgan fingerprint density at radius 2 is 2.38 bits per heavy atom. The summed E-state index contributed by atoms with van der Waals surface area (Å²) in [6.07, 6.45) is -0.251. The number of carbonyl (C=O) groups is 2. The molecule has 9 nitrogen and oxygen atoms in total. The first kappa shape index (κ1) is 13.8. The predicted molar refractivity (Wildman–Crippen MR) is 71.4 cm³/mol. The number of hydrogen-bond acceptors (Lipinski definition) is 7. The van der Waals surface area contributed by atoms with Crippen LogP contribution in [-0.4, -0.2) is 53.5 Å². The molecule has 0 bridgehead atoms. The number of nitrogens with zero attached hydrogens (tertiary/aromatic N) is 5. The lowest BCUT2D eigenvalue weighted by molar-refractivity contribution is -0.151. The number of nitriles is 1. The number of nitrogens with one attached hydrogen (secondary N) is 2. The molecular weight excluding hydrogens is 294 g/mol. The van der Waals surface area contributed by atoms with Gasteiger partial charge in [-0.1, -0.05) is 5.21 Å². The van der Waals surface area contributed by atoms with Gasteiger partial charge < -0.3 is 10.2 Å². The molecule has 0 radical (unpaired) electrons. The van der Waals surface area contributed by atoms with Gasteiger partial charge in [-0.15, -0.1) is 22.0 Å². The molecule has 2 amide bonds. The van der Waals surface area contributed by atoms with E-state index in [0.29, 0.717) is 5.82 Å². The van der Waals surface area contributed by atoms with Crippen LogP contribution < -0.4 is 5.32 Å². The van der Waals surface area contributed by atoms with Gasteiger partial charge >= 0.3 is 0 Å². The van der Waals surface area contributed by atoms with Crippen molar-refractivity contribution in [2.75, 3.05) is 0 Å². The summed E-state index contributed by atoms with van der Waals surface area (Å²) >= 11 is 1.58. The normalized spacial score (nSPS) is 29.5. The van der Waals surface area contributed by atoms with Crippen LogP contribution in [0.4, 0.5) is 0 Å². The summed E-state index contributed by atoms with van der Waals surface area (Å²) < 4.78 is -0.293. The van der Waals surface area contributed by atoms with Crippen LogP contribution in [0.3, 0.4) is 0 Å². The van der Waals surface area contributed by atoms with Crippen molar-refractivity contribution in [3.8, 4) is 6.07 Å². The van der Waals surface area contributed by atoms with E-state index in [9.17, 15) is 9.59 Å². The van der Waals surface area contributed by atoms with E-state index in [4.69, 9.17) is 5.26 Å². The number of hydrogen-bond donors (Lipinski definition) is 2. The van der Waals surface area contributed by atoms with Gasteiger partial charge in [-0.3, -0.25) is 9.59 Å². The Bertz CT molecular complexity index is 623. The number of carbonyl (C=O) groups excluding carboxylic acids is 2. The summed E-state index contributed by atoms with van der Waals surface area (Å²) in [6.45, 7) is 4.00. The number of fused-ring (bicyclic) bond motifs is 1. The SMILES string of the molecule is CC1(C)SC2C(NC(=O)CC#N)C(=O)N2C1c1nn[nH]n1. The van der Waals surface area contributed by atoms with Gasteiger partial charge in [0.05, 0.1) is 6.07 Å². The third-order valence-electron chi connectivity index (χ3n) is 3.60. The summed E-state index contributed by atoms with van der Waals surface area (Å²) in [7, 11) is 0. The fourth-order valence-electron chi connectivity index (χ4n) is 2.75. The molecule has 2 aliphatic rings. The topological polar surface area (TPSA) is 128 Å². The highest BCUT2D eigenvalue weighted by Crippen LogP contribution is 2.56. The van der Waals surface area contributed by atoms with Crippen LogP contribution in [0.5, 0.6) is 0 Å². The maximum atomic E-state index is 12.3. The van der Waals surface area contributed by atoms with E-state index >= 15 is 0 Å². The second-order valence-electron chi connectivity index (χ2n) is 5.41. The van der Waals surface area contributed by atoms with Gasteiger partial charge in [-0.25, -0.2) is 0 Å². The van der Waals surface area contributed by atoms with E-state index < -0.39 is 11.9 Å². The van der Waals surface area contributed by atoms with Gasteiger partial charge in [-0.05, 0) is 13.8 Å². The minimum atomic E-state index is -0.591. The molecule has 2 N–H and O–H groups in total. The number of aromatic nitrogens is 4. The largest absolute Gasteiger partial charge is 0.341 e. The molecule has 2 aliphatic heterocycles. The number of amides is 2. The molecule has 10 heteroatoms. The maximum Gasteiger partial charge on any atom is 0.249 e. The summed E-state index contributed by atoms with van der Waals surface area (Å²) in [4.78, 5) is 25.5. The second kappa shape index (κ2) is 4.70. The molecule has 0 spiro atoms. The molecule has 0 aliphatic carbocycles. The van der Waals surface area contributed by atoms with Crippen LogP contribution in [0.2, 0.25) is 0 Å². The fourth-order valence-corrected chi connectivity index (χ4v) is 4.38. The molecule has 3 rings (SSSR count). The van der Waals surface area contributed by atoms with E-state index in [0.717, 1.165) is 0 Å². The molecule has 1 aromatic rings. The van der Waals surface area contributed by atoms with Gasteiger partial charge in [0.1, 0.15) is 23.9 Å². The van der Waals surface area contributed by atoms with Crippen molar-refractivity contribution >= 4 is 23.6 Å². The van der Waals surface area contributed by atoms with Crippen LogP contribution in [0.1, 0.15) is 32.1 Å². The Morgan fingerprint density at radius 1 is 1.62 bits per heavy atom. The number of H-pyrrole nitrogens is 1. The smallest absolute Gasteiger partial charge is 0.249 e. The third kappa shape index (κ3) is 2.04. The number of rotatable bonds is 3. The number of tetrazole rings is 1. The molecule has 2 fully saturated rings. The summed E-state index contributed by atoms with van der Waals surface area (Å²) in [6, 6.07) is 0.887. The zero-order chi connectivity index (χ0) is 15.2. The van der Waals surface area contributed by atoms with Crippen molar-refractivity contribution in [2.45, 2.75) is 42.5 Å². The van der Waals surface area contributed by atoms with Gasteiger partial charge in [0.15, 0.2) is 5.82 Å². The van der Waals surface area contributed by atoms with Crippen molar-refractivity contribution in [1.29, 1.82) is 5.26 Å². The first-order valence-electron chi connectivity index (χ1n) is 6.35. The Hall–Kier alpha value is -2.15. The molecule has 110 valence electrons. The van der Waals surface area contributed by atoms with E-state index in [2.05, 4.69) is 25.9 Å². The molecule has 21 heavy (non-hydrogen) atoms. The Labute approximate surface area is 124 Å². The van der Waals surface area contributed by atoms with Crippen molar-refractivity contribution in [3.05, 3.63) is 5.82 Å². The highest BCUT2D eigenvalue weighted by Gasteiger charge is 2.63. The van der Waals surface area contributed by atoms with Crippen LogP contribution in [0, 0.1) is 11.3 Å². The lowest BCUT2D eigenvalue weighted by Gasteiger charge is -2.43. The maximum absolute atomic E-state index is 12.3.